The van der Waals surface area contributed by atoms with Gasteiger partial charge in [0.25, 0.3) is 0 Å². The predicted octanol–water partition coefficient (Wildman–Crippen LogP) is 3.14. The van der Waals surface area contributed by atoms with Crippen molar-refractivity contribution in [2.75, 3.05) is 0 Å². The fraction of sp³-hybridized carbons (Fsp3) is 0.150. The summed E-state index contributed by atoms with van der Waals surface area (Å²) in [6, 6.07) is 16.5. The minimum atomic E-state index is 0.0425. The quantitative estimate of drug-likeness (QED) is 0.803. The highest BCUT2D eigenvalue weighted by molar-refractivity contribution is 6.03. The van der Waals surface area contributed by atoms with Gasteiger partial charge in [-0.05, 0) is 37.1 Å². The number of nitrogens with zero attached hydrogens (tertiary/aromatic N) is 4. The number of hydrogen-bond donors (Lipinski definition) is 1. The summed E-state index contributed by atoms with van der Waals surface area (Å²) in [5.74, 6) is 0.898. The monoisotopic (exact) mass is 327 g/mol. The minimum absolute atomic E-state index is 0.0425. The van der Waals surface area contributed by atoms with Gasteiger partial charge in [-0.25, -0.2) is 10.4 Å². The number of pyridine rings is 2. The smallest absolute Gasteiger partial charge is 0.170 e. The number of fused-ring (bicyclic) bond motifs is 4. The topological polar surface area (TPSA) is 53.4 Å². The number of benzene rings is 1. The van der Waals surface area contributed by atoms with E-state index in [9.17, 15) is 0 Å². The van der Waals surface area contributed by atoms with Crippen LogP contribution in [0.1, 0.15) is 23.4 Å². The third-order valence-electron chi connectivity index (χ3n) is 4.58. The summed E-state index contributed by atoms with van der Waals surface area (Å²) in [5.41, 5.74) is 7.60. The minimum Gasteiger partial charge on any atom is -0.263 e. The van der Waals surface area contributed by atoms with Crippen LogP contribution in [0.2, 0.25) is 0 Å². The molecule has 0 fully saturated rings. The van der Waals surface area contributed by atoms with Crippen LogP contribution in [0.5, 0.6) is 0 Å². The largest absolute Gasteiger partial charge is 0.263 e. The van der Waals surface area contributed by atoms with Crippen LogP contribution in [0.15, 0.2) is 65.9 Å². The standard InChI is InChI=1S/C20H17N5/c1-2-6-17-14(4-1)7-8-16(22-17)9-10-18-23-20-19-15(5-3-12-21-19)11-13-25(20)24-18/h1-8,11-13,18,24H,9-10H2. The van der Waals surface area contributed by atoms with Crippen molar-refractivity contribution in [1.29, 1.82) is 0 Å². The second kappa shape index (κ2) is 5.79. The van der Waals surface area contributed by atoms with E-state index in [2.05, 4.69) is 46.8 Å². The molecule has 0 bridgehead atoms. The van der Waals surface area contributed by atoms with Crippen LogP contribution in [0.4, 0.5) is 0 Å². The molecule has 2 aliphatic heterocycles. The van der Waals surface area contributed by atoms with Crippen LogP contribution in [0.3, 0.4) is 0 Å². The molecule has 1 N–H and O–H groups in total. The molecular weight excluding hydrogens is 310 g/mol. The summed E-state index contributed by atoms with van der Waals surface area (Å²) < 4.78 is 0. The molecule has 2 aromatic heterocycles. The number of amidine groups is 1. The molecule has 1 atom stereocenters. The number of para-hydroxylation sites is 1. The van der Waals surface area contributed by atoms with Gasteiger partial charge in [0.15, 0.2) is 5.84 Å². The zero-order valence-electron chi connectivity index (χ0n) is 13.6. The van der Waals surface area contributed by atoms with Crippen molar-refractivity contribution in [2.45, 2.75) is 19.0 Å². The SMILES string of the molecule is C1=CN2NC(CCc3ccc4ccccc4n3)N=C2c2ncccc21. The van der Waals surface area contributed by atoms with Crippen LogP contribution >= 0.6 is 0 Å². The molecule has 0 radical (unpaired) electrons. The van der Waals surface area contributed by atoms with Crippen molar-refractivity contribution in [3.63, 3.8) is 0 Å². The van der Waals surface area contributed by atoms with E-state index in [0.29, 0.717) is 0 Å². The maximum absolute atomic E-state index is 4.82. The highest BCUT2D eigenvalue weighted by atomic mass is 15.6. The Morgan fingerprint density at radius 2 is 2.00 bits per heavy atom. The Morgan fingerprint density at radius 3 is 3.00 bits per heavy atom. The molecule has 3 aromatic rings. The molecule has 0 spiro atoms. The zero-order valence-corrected chi connectivity index (χ0v) is 13.6. The number of nitrogens with one attached hydrogen (secondary N) is 1. The lowest BCUT2D eigenvalue weighted by atomic mass is 10.1. The van der Waals surface area contributed by atoms with Gasteiger partial charge in [0.2, 0.25) is 0 Å². The number of aliphatic imine (C=N–C) groups is 1. The first-order chi connectivity index (χ1) is 12.4. The van der Waals surface area contributed by atoms with Crippen LogP contribution < -0.4 is 5.43 Å². The number of aryl methyl sites for hydroxylation is 1. The van der Waals surface area contributed by atoms with Crippen LogP contribution in [0.25, 0.3) is 17.0 Å². The third kappa shape index (κ3) is 2.58. The molecule has 0 saturated heterocycles. The molecule has 1 aromatic carbocycles. The van der Waals surface area contributed by atoms with Gasteiger partial charge >= 0.3 is 0 Å². The molecule has 0 saturated carbocycles. The van der Waals surface area contributed by atoms with E-state index in [1.54, 1.807) is 0 Å². The number of hydrazine groups is 1. The molecule has 25 heavy (non-hydrogen) atoms. The second-order valence-electron chi connectivity index (χ2n) is 6.26. The Labute approximate surface area is 145 Å². The van der Waals surface area contributed by atoms with E-state index >= 15 is 0 Å². The summed E-state index contributed by atoms with van der Waals surface area (Å²) in [4.78, 5) is 14.0. The number of aromatic nitrogens is 2. The molecule has 0 aliphatic carbocycles. The first-order valence-electron chi connectivity index (χ1n) is 8.48. The van der Waals surface area contributed by atoms with Crippen LogP contribution in [-0.2, 0) is 6.42 Å². The van der Waals surface area contributed by atoms with Gasteiger partial charge in [-0.3, -0.25) is 15.0 Å². The lowest BCUT2D eigenvalue weighted by Gasteiger charge is -2.21. The lowest BCUT2D eigenvalue weighted by molar-refractivity contribution is 0.367. The van der Waals surface area contributed by atoms with Crippen molar-refractivity contribution < 1.29 is 0 Å². The van der Waals surface area contributed by atoms with Gasteiger partial charge in [0.1, 0.15) is 11.9 Å². The van der Waals surface area contributed by atoms with Crippen molar-refractivity contribution in [3.05, 3.63) is 77.9 Å². The Hall–Kier alpha value is -3.05. The van der Waals surface area contributed by atoms with E-state index in [1.807, 2.05) is 35.6 Å². The molecule has 2 aliphatic rings. The van der Waals surface area contributed by atoms with Gasteiger partial charge in [-0.2, -0.15) is 0 Å². The highest BCUT2D eigenvalue weighted by Crippen LogP contribution is 2.22. The Kier molecular flexibility index (Phi) is 3.31. The molecule has 5 nitrogen and oxygen atoms in total. The van der Waals surface area contributed by atoms with E-state index < -0.39 is 0 Å². The Balaban J connectivity index is 1.34. The maximum Gasteiger partial charge on any atom is 0.170 e. The van der Waals surface area contributed by atoms with Crippen molar-refractivity contribution in [1.82, 2.24) is 20.4 Å². The van der Waals surface area contributed by atoms with Gasteiger partial charge in [0, 0.05) is 29.0 Å². The second-order valence-corrected chi connectivity index (χ2v) is 6.26. The van der Waals surface area contributed by atoms with Gasteiger partial charge in [-0.1, -0.05) is 30.3 Å². The Bertz CT molecular complexity index is 1010. The number of hydrogen-bond acceptors (Lipinski definition) is 5. The number of rotatable bonds is 3. The molecule has 122 valence electrons. The van der Waals surface area contributed by atoms with E-state index in [4.69, 9.17) is 9.98 Å². The van der Waals surface area contributed by atoms with Gasteiger partial charge in [0.05, 0.1) is 5.52 Å². The van der Waals surface area contributed by atoms with Gasteiger partial charge in [-0.15, -0.1) is 0 Å². The normalized spacial score (nSPS) is 18.2. The van der Waals surface area contributed by atoms with E-state index in [1.165, 1.54) is 5.39 Å². The zero-order chi connectivity index (χ0) is 16.6. The summed E-state index contributed by atoms with van der Waals surface area (Å²) in [6.07, 6.45) is 7.69. The van der Waals surface area contributed by atoms with E-state index in [-0.39, 0.29) is 6.17 Å². The first kappa shape index (κ1) is 14.3. The van der Waals surface area contributed by atoms with Crippen molar-refractivity contribution in [3.8, 4) is 0 Å². The molecule has 1 unspecified atom stereocenters. The molecule has 5 rings (SSSR count). The lowest BCUT2D eigenvalue weighted by Crippen LogP contribution is -2.38. The highest BCUT2D eigenvalue weighted by Gasteiger charge is 2.28. The molecule has 4 heterocycles. The fourth-order valence-corrected chi connectivity index (χ4v) is 3.30. The Morgan fingerprint density at radius 1 is 1.04 bits per heavy atom. The average molecular weight is 327 g/mol. The van der Waals surface area contributed by atoms with Crippen molar-refractivity contribution in [2.24, 2.45) is 4.99 Å². The molecule has 0 amide bonds. The summed E-state index contributed by atoms with van der Waals surface area (Å²) >= 11 is 0. The van der Waals surface area contributed by atoms with E-state index in [0.717, 1.165) is 41.1 Å². The fourth-order valence-electron chi connectivity index (χ4n) is 3.30. The van der Waals surface area contributed by atoms with Crippen LogP contribution in [0, 0.1) is 0 Å². The predicted molar refractivity (Wildman–Crippen MR) is 98.6 cm³/mol. The van der Waals surface area contributed by atoms with Crippen molar-refractivity contribution >= 4 is 22.8 Å². The third-order valence-corrected chi connectivity index (χ3v) is 4.58. The average Bonchev–Trinajstić information content (AvgIpc) is 3.10. The molecular formula is C20H17N5. The van der Waals surface area contributed by atoms with Gasteiger partial charge < -0.3 is 0 Å². The summed E-state index contributed by atoms with van der Waals surface area (Å²) in [6.45, 7) is 0. The first-order valence-corrected chi connectivity index (χ1v) is 8.48. The van der Waals surface area contributed by atoms with Crippen LogP contribution in [-0.4, -0.2) is 27.0 Å². The molecule has 5 heteroatoms. The summed E-state index contributed by atoms with van der Waals surface area (Å²) in [5, 5.41) is 3.14. The maximum atomic E-state index is 4.82. The summed E-state index contributed by atoms with van der Waals surface area (Å²) in [7, 11) is 0.